The highest BCUT2D eigenvalue weighted by atomic mass is 35.5. The molecular weight excluding hydrogens is 387 g/mol. The second-order valence-electron chi connectivity index (χ2n) is 6.62. The van der Waals surface area contributed by atoms with Gasteiger partial charge in [0.15, 0.2) is 0 Å². The lowest BCUT2D eigenvalue weighted by atomic mass is 10.1. The quantitative estimate of drug-likeness (QED) is 0.605. The average molecular weight is 419 g/mol. The molecule has 1 fully saturated rings. The standard InChI is InChI=1S/C19H30N4O2.2ClH/c1-3-23(4-2)11-10-21-18(24)14-6-5-7-17(13-14)22-19(25)15-8-9-16(20)12-15;;/h5-7,13,15-16H,3-4,8-12,20H2,1-2H3,(H,21,24)(H,22,25);2*1H. The molecule has 1 aliphatic carbocycles. The van der Waals surface area contributed by atoms with Crippen LogP contribution in [-0.4, -0.2) is 48.9 Å². The van der Waals surface area contributed by atoms with Crippen LogP contribution in [0.4, 0.5) is 5.69 Å². The molecule has 154 valence electrons. The van der Waals surface area contributed by atoms with Gasteiger partial charge in [0, 0.05) is 36.3 Å². The first-order chi connectivity index (χ1) is 12.0. The summed E-state index contributed by atoms with van der Waals surface area (Å²) < 4.78 is 0. The van der Waals surface area contributed by atoms with Crippen molar-refractivity contribution < 1.29 is 9.59 Å². The molecule has 4 N–H and O–H groups in total. The van der Waals surface area contributed by atoms with E-state index in [1.54, 1.807) is 24.3 Å². The molecule has 8 heteroatoms. The van der Waals surface area contributed by atoms with Gasteiger partial charge in [0.05, 0.1) is 0 Å². The van der Waals surface area contributed by atoms with E-state index < -0.39 is 0 Å². The van der Waals surface area contributed by atoms with E-state index in [2.05, 4.69) is 29.4 Å². The van der Waals surface area contributed by atoms with Crippen LogP contribution in [0, 0.1) is 5.92 Å². The van der Waals surface area contributed by atoms with Crippen LogP contribution in [0.5, 0.6) is 0 Å². The number of likely N-dealkylation sites (N-methyl/N-ethyl adjacent to an activating group) is 1. The minimum absolute atomic E-state index is 0. The van der Waals surface area contributed by atoms with Crippen LogP contribution in [0.15, 0.2) is 24.3 Å². The van der Waals surface area contributed by atoms with Crippen molar-refractivity contribution in [3.05, 3.63) is 29.8 Å². The number of hydrogen-bond donors (Lipinski definition) is 3. The summed E-state index contributed by atoms with van der Waals surface area (Å²) in [5.74, 6) is -0.153. The zero-order valence-corrected chi connectivity index (χ0v) is 17.7. The maximum atomic E-state index is 12.3. The van der Waals surface area contributed by atoms with Crippen LogP contribution in [-0.2, 0) is 4.79 Å². The maximum Gasteiger partial charge on any atom is 0.251 e. The fraction of sp³-hybridized carbons (Fsp3) is 0.579. The highest BCUT2D eigenvalue weighted by Crippen LogP contribution is 2.25. The van der Waals surface area contributed by atoms with Crippen LogP contribution in [0.1, 0.15) is 43.5 Å². The van der Waals surface area contributed by atoms with Crippen molar-refractivity contribution >= 4 is 42.3 Å². The van der Waals surface area contributed by atoms with Gasteiger partial charge < -0.3 is 21.3 Å². The molecule has 0 heterocycles. The second kappa shape index (κ2) is 12.9. The van der Waals surface area contributed by atoms with Crippen molar-refractivity contribution in [3.63, 3.8) is 0 Å². The van der Waals surface area contributed by atoms with Gasteiger partial charge in [-0.2, -0.15) is 0 Å². The summed E-state index contributed by atoms with van der Waals surface area (Å²) in [4.78, 5) is 26.8. The molecule has 27 heavy (non-hydrogen) atoms. The molecule has 2 amide bonds. The van der Waals surface area contributed by atoms with Gasteiger partial charge in [0.1, 0.15) is 0 Å². The van der Waals surface area contributed by atoms with Gasteiger partial charge >= 0.3 is 0 Å². The summed E-state index contributed by atoms with van der Waals surface area (Å²) in [7, 11) is 0. The lowest BCUT2D eigenvalue weighted by molar-refractivity contribution is -0.119. The fourth-order valence-corrected chi connectivity index (χ4v) is 3.21. The summed E-state index contributed by atoms with van der Waals surface area (Å²) >= 11 is 0. The predicted octanol–water partition coefficient (Wildman–Crippen LogP) is 2.67. The van der Waals surface area contributed by atoms with Crippen molar-refractivity contribution in [2.24, 2.45) is 11.7 Å². The summed E-state index contributed by atoms with van der Waals surface area (Å²) in [6.07, 6.45) is 2.46. The average Bonchev–Trinajstić information content (AvgIpc) is 3.05. The van der Waals surface area contributed by atoms with Crippen LogP contribution in [0.2, 0.25) is 0 Å². The van der Waals surface area contributed by atoms with Gasteiger partial charge in [-0.25, -0.2) is 0 Å². The Bertz CT molecular complexity index is 597. The molecule has 0 aromatic heterocycles. The summed E-state index contributed by atoms with van der Waals surface area (Å²) in [5, 5.41) is 5.84. The minimum Gasteiger partial charge on any atom is -0.351 e. The molecule has 1 aromatic carbocycles. The number of hydrogen-bond acceptors (Lipinski definition) is 4. The number of anilines is 1. The third kappa shape index (κ3) is 8.05. The Kier molecular flexibility index (Phi) is 12.3. The largest absolute Gasteiger partial charge is 0.351 e. The molecule has 0 radical (unpaired) electrons. The fourth-order valence-electron chi connectivity index (χ4n) is 3.21. The summed E-state index contributed by atoms with van der Waals surface area (Å²) in [6, 6.07) is 7.20. The molecule has 2 atom stereocenters. The van der Waals surface area contributed by atoms with Crippen molar-refractivity contribution in [2.75, 3.05) is 31.5 Å². The first kappa shape index (κ1) is 25.7. The van der Waals surface area contributed by atoms with Crippen LogP contribution < -0.4 is 16.4 Å². The van der Waals surface area contributed by atoms with Gasteiger partial charge in [-0.1, -0.05) is 19.9 Å². The maximum absolute atomic E-state index is 12.3. The third-order valence-corrected chi connectivity index (χ3v) is 4.84. The number of nitrogens with one attached hydrogen (secondary N) is 2. The first-order valence-electron chi connectivity index (χ1n) is 9.20. The van der Waals surface area contributed by atoms with Crippen LogP contribution in [0.25, 0.3) is 0 Å². The highest BCUT2D eigenvalue weighted by Gasteiger charge is 2.27. The van der Waals surface area contributed by atoms with Crippen LogP contribution >= 0.6 is 24.8 Å². The van der Waals surface area contributed by atoms with Gasteiger partial charge in [-0.05, 0) is 50.6 Å². The van der Waals surface area contributed by atoms with E-state index in [4.69, 9.17) is 5.73 Å². The highest BCUT2D eigenvalue weighted by molar-refractivity contribution is 5.97. The molecule has 0 saturated heterocycles. The molecule has 1 saturated carbocycles. The van der Waals surface area contributed by atoms with E-state index in [-0.39, 0.29) is 48.6 Å². The predicted molar refractivity (Wildman–Crippen MR) is 115 cm³/mol. The van der Waals surface area contributed by atoms with Crippen molar-refractivity contribution in [2.45, 2.75) is 39.2 Å². The van der Waals surface area contributed by atoms with Gasteiger partial charge in [-0.3, -0.25) is 9.59 Å². The molecular formula is C19H32Cl2N4O2. The Hall–Kier alpha value is -1.34. The Morgan fingerprint density at radius 2 is 1.89 bits per heavy atom. The molecule has 6 nitrogen and oxygen atoms in total. The first-order valence-corrected chi connectivity index (χ1v) is 9.20. The van der Waals surface area contributed by atoms with Crippen LogP contribution in [0.3, 0.4) is 0 Å². The Labute approximate surface area is 174 Å². The number of carbonyl (C=O) groups is 2. The molecule has 0 bridgehead atoms. The third-order valence-electron chi connectivity index (χ3n) is 4.84. The van der Waals surface area contributed by atoms with E-state index in [1.807, 2.05) is 0 Å². The zero-order valence-electron chi connectivity index (χ0n) is 16.1. The Morgan fingerprint density at radius 1 is 1.19 bits per heavy atom. The zero-order chi connectivity index (χ0) is 18.2. The summed E-state index contributed by atoms with van der Waals surface area (Å²) in [6.45, 7) is 7.59. The molecule has 2 unspecified atom stereocenters. The lowest BCUT2D eigenvalue weighted by Gasteiger charge is -2.18. The lowest BCUT2D eigenvalue weighted by Crippen LogP contribution is -2.34. The minimum atomic E-state index is -0.119. The second-order valence-corrected chi connectivity index (χ2v) is 6.62. The van der Waals surface area contributed by atoms with Gasteiger partial charge in [0.25, 0.3) is 5.91 Å². The van der Waals surface area contributed by atoms with E-state index in [0.717, 1.165) is 38.9 Å². The SMILES string of the molecule is CCN(CC)CCNC(=O)c1cccc(NC(=O)C2CCC(N)C2)c1.Cl.Cl. The molecule has 2 rings (SSSR count). The number of benzene rings is 1. The van der Waals surface area contributed by atoms with E-state index in [1.165, 1.54) is 0 Å². The molecule has 0 spiro atoms. The van der Waals surface area contributed by atoms with Crippen molar-refractivity contribution in [3.8, 4) is 0 Å². The Balaban J connectivity index is 0.00000338. The van der Waals surface area contributed by atoms with Gasteiger partial charge in [0.2, 0.25) is 5.91 Å². The smallest absolute Gasteiger partial charge is 0.251 e. The van der Waals surface area contributed by atoms with E-state index in [9.17, 15) is 9.59 Å². The Morgan fingerprint density at radius 3 is 2.48 bits per heavy atom. The monoisotopic (exact) mass is 418 g/mol. The number of rotatable bonds is 8. The number of nitrogens with zero attached hydrogens (tertiary/aromatic N) is 1. The van der Waals surface area contributed by atoms with E-state index >= 15 is 0 Å². The van der Waals surface area contributed by atoms with Crippen molar-refractivity contribution in [1.29, 1.82) is 0 Å². The normalized spacial score (nSPS) is 18.4. The number of nitrogens with two attached hydrogens (primary N) is 1. The number of amides is 2. The summed E-state index contributed by atoms with van der Waals surface area (Å²) in [5.41, 5.74) is 7.08. The van der Waals surface area contributed by atoms with E-state index in [0.29, 0.717) is 17.8 Å². The van der Waals surface area contributed by atoms with Gasteiger partial charge in [-0.15, -0.1) is 24.8 Å². The van der Waals surface area contributed by atoms with Crippen molar-refractivity contribution in [1.82, 2.24) is 10.2 Å². The molecule has 1 aromatic rings. The molecule has 1 aliphatic rings. The topological polar surface area (TPSA) is 87.5 Å². The molecule has 0 aliphatic heterocycles. The number of carbonyl (C=O) groups excluding carboxylic acids is 2. The number of halogens is 2.